The van der Waals surface area contributed by atoms with Crippen LogP contribution < -0.4 is 5.56 Å². The summed E-state index contributed by atoms with van der Waals surface area (Å²) in [5.74, 6) is 0.833. The summed E-state index contributed by atoms with van der Waals surface area (Å²) in [5.41, 5.74) is 1.30. The van der Waals surface area contributed by atoms with E-state index in [4.69, 9.17) is 4.52 Å². The quantitative estimate of drug-likeness (QED) is 0.388. The van der Waals surface area contributed by atoms with Crippen LogP contribution in [0.25, 0.3) is 21.3 Å². The second-order valence-electron chi connectivity index (χ2n) is 5.87. The fraction of sp³-hybridized carbons (Fsp3) is 0.222. The first kappa shape index (κ1) is 17.9. The Kier molecular flexibility index (Phi) is 4.79. The average Bonchev–Trinajstić information content (AvgIpc) is 3.29. The van der Waals surface area contributed by atoms with Crippen molar-refractivity contribution in [3.8, 4) is 11.1 Å². The standard InChI is InChI=1S/C18H15FN4O2S2/c1-3-13-20-16(25-23-13)9(2)27-18-21-15(24)14-12(8-26-17(14)22-18)10-4-6-11(19)7-5-10/h4-9H,3H2,1-2H3,(H,21,22,24). The lowest BCUT2D eigenvalue weighted by molar-refractivity contribution is 0.375. The second-order valence-corrected chi connectivity index (χ2v) is 8.06. The summed E-state index contributed by atoms with van der Waals surface area (Å²) in [7, 11) is 0. The maximum atomic E-state index is 13.2. The van der Waals surface area contributed by atoms with E-state index in [1.165, 1.54) is 35.2 Å². The minimum absolute atomic E-state index is 0.144. The summed E-state index contributed by atoms with van der Waals surface area (Å²) in [4.78, 5) is 25.0. The molecule has 0 amide bonds. The van der Waals surface area contributed by atoms with Crippen LogP contribution in [0.3, 0.4) is 0 Å². The fourth-order valence-electron chi connectivity index (χ4n) is 2.62. The van der Waals surface area contributed by atoms with Crippen LogP contribution in [0.1, 0.15) is 30.8 Å². The highest BCUT2D eigenvalue weighted by Crippen LogP contribution is 2.35. The SMILES string of the molecule is CCc1noc(C(C)Sc2nc3scc(-c4ccc(F)cc4)c3c(=O)[nH]2)n1. The molecule has 6 nitrogen and oxygen atoms in total. The maximum absolute atomic E-state index is 13.2. The molecule has 0 spiro atoms. The Labute approximate surface area is 161 Å². The van der Waals surface area contributed by atoms with Crippen LogP contribution in [0.15, 0.2) is 44.1 Å². The smallest absolute Gasteiger partial charge is 0.260 e. The molecular formula is C18H15FN4O2S2. The van der Waals surface area contributed by atoms with Crippen molar-refractivity contribution in [1.29, 1.82) is 0 Å². The van der Waals surface area contributed by atoms with Crippen LogP contribution in [-0.2, 0) is 6.42 Å². The molecule has 4 aromatic rings. The van der Waals surface area contributed by atoms with E-state index in [2.05, 4.69) is 20.1 Å². The van der Waals surface area contributed by atoms with Crippen LogP contribution in [0.4, 0.5) is 4.39 Å². The zero-order chi connectivity index (χ0) is 19.0. The highest BCUT2D eigenvalue weighted by atomic mass is 32.2. The second kappa shape index (κ2) is 7.24. The number of aryl methyl sites for hydroxylation is 1. The van der Waals surface area contributed by atoms with E-state index < -0.39 is 0 Å². The molecule has 1 atom stereocenters. The van der Waals surface area contributed by atoms with E-state index in [0.29, 0.717) is 33.5 Å². The molecule has 9 heteroatoms. The fourth-order valence-corrected chi connectivity index (χ4v) is 4.45. The number of halogens is 1. The van der Waals surface area contributed by atoms with Gasteiger partial charge >= 0.3 is 0 Å². The van der Waals surface area contributed by atoms with Crippen LogP contribution in [0.2, 0.25) is 0 Å². The van der Waals surface area contributed by atoms with E-state index in [-0.39, 0.29) is 16.6 Å². The molecule has 0 saturated carbocycles. The van der Waals surface area contributed by atoms with Gasteiger partial charge in [0.1, 0.15) is 10.6 Å². The van der Waals surface area contributed by atoms with Gasteiger partial charge in [-0.25, -0.2) is 9.37 Å². The molecule has 138 valence electrons. The molecule has 4 rings (SSSR count). The van der Waals surface area contributed by atoms with Crippen molar-refractivity contribution in [3.05, 3.63) is 57.5 Å². The lowest BCUT2D eigenvalue weighted by Gasteiger charge is -2.05. The summed E-state index contributed by atoms with van der Waals surface area (Å²) in [6.07, 6.45) is 0.698. The Morgan fingerprint density at radius 1 is 1.30 bits per heavy atom. The van der Waals surface area contributed by atoms with Gasteiger partial charge in [0.25, 0.3) is 5.56 Å². The molecule has 1 unspecified atom stereocenters. The lowest BCUT2D eigenvalue weighted by Crippen LogP contribution is -2.09. The highest BCUT2D eigenvalue weighted by molar-refractivity contribution is 7.99. The summed E-state index contributed by atoms with van der Waals surface area (Å²) in [6.45, 7) is 3.87. The Morgan fingerprint density at radius 3 is 2.78 bits per heavy atom. The van der Waals surface area contributed by atoms with Crippen molar-refractivity contribution < 1.29 is 8.91 Å². The van der Waals surface area contributed by atoms with Gasteiger partial charge in [0.2, 0.25) is 5.89 Å². The van der Waals surface area contributed by atoms with Crippen LogP contribution in [0.5, 0.6) is 0 Å². The number of nitrogens with zero attached hydrogens (tertiary/aromatic N) is 3. The Balaban J connectivity index is 1.66. The molecule has 1 aromatic carbocycles. The van der Waals surface area contributed by atoms with Gasteiger partial charge in [-0.15, -0.1) is 11.3 Å². The number of rotatable bonds is 5. The van der Waals surface area contributed by atoms with Gasteiger partial charge in [0, 0.05) is 17.4 Å². The van der Waals surface area contributed by atoms with E-state index in [1.54, 1.807) is 12.1 Å². The lowest BCUT2D eigenvalue weighted by atomic mass is 10.1. The number of aromatic nitrogens is 4. The number of hydrogen-bond donors (Lipinski definition) is 1. The predicted octanol–water partition coefficient (Wildman–Crippen LogP) is 4.59. The third kappa shape index (κ3) is 3.52. The van der Waals surface area contributed by atoms with Crippen molar-refractivity contribution in [3.63, 3.8) is 0 Å². The normalized spacial score (nSPS) is 12.6. The molecule has 0 aliphatic carbocycles. The molecule has 3 heterocycles. The first-order valence-corrected chi connectivity index (χ1v) is 10.1. The topological polar surface area (TPSA) is 84.7 Å². The molecule has 3 aromatic heterocycles. The molecule has 27 heavy (non-hydrogen) atoms. The van der Waals surface area contributed by atoms with Crippen LogP contribution in [-0.4, -0.2) is 20.1 Å². The number of aromatic amines is 1. The van der Waals surface area contributed by atoms with Gasteiger partial charge in [-0.3, -0.25) is 4.79 Å². The summed E-state index contributed by atoms with van der Waals surface area (Å²) in [6, 6.07) is 6.06. The number of nitrogens with one attached hydrogen (secondary N) is 1. The molecule has 0 saturated heterocycles. The van der Waals surface area contributed by atoms with Gasteiger partial charge in [-0.2, -0.15) is 4.98 Å². The minimum Gasteiger partial charge on any atom is -0.338 e. The Morgan fingerprint density at radius 2 is 2.07 bits per heavy atom. The summed E-state index contributed by atoms with van der Waals surface area (Å²) < 4.78 is 18.4. The number of H-pyrrole nitrogens is 1. The molecule has 0 fully saturated rings. The third-order valence-corrected chi connectivity index (χ3v) is 5.86. The van der Waals surface area contributed by atoms with Crippen molar-refractivity contribution in [2.75, 3.05) is 0 Å². The summed E-state index contributed by atoms with van der Waals surface area (Å²) >= 11 is 2.73. The van der Waals surface area contributed by atoms with Gasteiger partial charge < -0.3 is 9.51 Å². The van der Waals surface area contributed by atoms with Crippen LogP contribution in [0, 0.1) is 5.82 Å². The number of benzene rings is 1. The Hall–Kier alpha value is -2.52. The van der Waals surface area contributed by atoms with Crippen molar-refractivity contribution in [2.45, 2.75) is 30.7 Å². The number of hydrogen-bond acceptors (Lipinski definition) is 7. The maximum Gasteiger partial charge on any atom is 0.260 e. The van der Waals surface area contributed by atoms with E-state index in [0.717, 1.165) is 11.1 Å². The van der Waals surface area contributed by atoms with Crippen molar-refractivity contribution >= 4 is 33.3 Å². The zero-order valence-corrected chi connectivity index (χ0v) is 16.2. The minimum atomic E-state index is -0.315. The first-order chi connectivity index (χ1) is 13.0. The number of thioether (sulfide) groups is 1. The van der Waals surface area contributed by atoms with Crippen molar-refractivity contribution in [2.24, 2.45) is 0 Å². The molecular weight excluding hydrogens is 387 g/mol. The number of thiophene rings is 1. The average molecular weight is 402 g/mol. The van der Waals surface area contributed by atoms with Crippen LogP contribution >= 0.6 is 23.1 Å². The summed E-state index contributed by atoms with van der Waals surface area (Å²) in [5, 5.41) is 6.61. The van der Waals surface area contributed by atoms with Gasteiger partial charge in [0.05, 0.1) is 10.6 Å². The molecule has 0 bridgehead atoms. The van der Waals surface area contributed by atoms with Gasteiger partial charge in [0.15, 0.2) is 11.0 Å². The third-order valence-electron chi connectivity index (χ3n) is 4.01. The highest BCUT2D eigenvalue weighted by Gasteiger charge is 2.19. The zero-order valence-electron chi connectivity index (χ0n) is 14.5. The van der Waals surface area contributed by atoms with Gasteiger partial charge in [-0.05, 0) is 24.6 Å². The molecule has 0 aliphatic rings. The molecule has 1 N–H and O–H groups in total. The van der Waals surface area contributed by atoms with E-state index in [1.807, 2.05) is 19.2 Å². The molecule has 0 radical (unpaired) electrons. The number of fused-ring (bicyclic) bond motifs is 1. The van der Waals surface area contributed by atoms with E-state index >= 15 is 0 Å². The Bertz CT molecular complexity index is 1150. The predicted molar refractivity (Wildman–Crippen MR) is 104 cm³/mol. The first-order valence-electron chi connectivity index (χ1n) is 8.31. The van der Waals surface area contributed by atoms with Crippen molar-refractivity contribution in [1.82, 2.24) is 20.1 Å². The molecule has 0 aliphatic heterocycles. The largest absolute Gasteiger partial charge is 0.338 e. The van der Waals surface area contributed by atoms with E-state index in [9.17, 15) is 9.18 Å². The van der Waals surface area contributed by atoms with Gasteiger partial charge in [-0.1, -0.05) is 36.0 Å². The monoisotopic (exact) mass is 402 g/mol.